The number of anilines is 1. The Balaban J connectivity index is 1.97. The summed E-state index contributed by atoms with van der Waals surface area (Å²) in [5.41, 5.74) is 0.152. The number of rotatable bonds is 2. The van der Waals surface area contributed by atoms with Crippen LogP contribution >= 0.6 is 0 Å². The van der Waals surface area contributed by atoms with Gasteiger partial charge in [0.15, 0.2) is 0 Å². The molecule has 1 heterocycles. The molecule has 1 unspecified atom stereocenters. The van der Waals surface area contributed by atoms with Crippen molar-refractivity contribution < 1.29 is 4.79 Å². The number of hydrogen-bond donors (Lipinski definition) is 1. The van der Waals surface area contributed by atoms with E-state index >= 15 is 0 Å². The minimum atomic E-state index is 0.0289. The van der Waals surface area contributed by atoms with Gasteiger partial charge in [-0.1, -0.05) is 13.8 Å². The predicted molar refractivity (Wildman–Crippen MR) is 52.5 cm³/mol. The molecule has 0 spiro atoms. The van der Waals surface area contributed by atoms with E-state index in [0.29, 0.717) is 5.95 Å². The van der Waals surface area contributed by atoms with Crippen LogP contribution < -0.4 is 5.32 Å². The number of nitrogens with zero attached hydrogens (tertiary/aromatic N) is 2. The van der Waals surface area contributed by atoms with Gasteiger partial charge in [-0.2, -0.15) is 0 Å². The average Bonchev–Trinajstić information content (AvgIpc) is 2.77. The Morgan fingerprint density at radius 2 is 2.07 bits per heavy atom. The van der Waals surface area contributed by atoms with Crippen LogP contribution in [-0.2, 0) is 4.79 Å². The van der Waals surface area contributed by atoms with Crippen LogP contribution in [0.2, 0.25) is 0 Å². The van der Waals surface area contributed by atoms with Gasteiger partial charge in [0.25, 0.3) is 0 Å². The Morgan fingerprint density at radius 1 is 1.50 bits per heavy atom. The Hall–Kier alpha value is -1.45. The second-order valence-corrected chi connectivity index (χ2v) is 4.31. The molecular formula is C10H13N3O. The number of hydrogen-bond acceptors (Lipinski definition) is 3. The number of carbonyl (C=O) groups excluding carboxylic acids is 1. The molecule has 1 aromatic rings. The molecule has 0 aliphatic heterocycles. The van der Waals surface area contributed by atoms with Gasteiger partial charge < -0.3 is 0 Å². The van der Waals surface area contributed by atoms with Crippen molar-refractivity contribution >= 4 is 11.9 Å². The number of aromatic nitrogens is 2. The van der Waals surface area contributed by atoms with Crippen molar-refractivity contribution in [3.63, 3.8) is 0 Å². The summed E-state index contributed by atoms with van der Waals surface area (Å²) in [6, 6.07) is 1.72. The molecule has 1 aliphatic rings. The lowest BCUT2D eigenvalue weighted by Crippen LogP contribution is -2.17. The summed E-state index contributed by atoms with van der Waals surface area (Å²) in [6.45, 7) is 4.17. The summed E-state index contributed by atoms with van der Waals surface area (Å²) in [7, 11) is 0. The molecule has 1 N–H and O–H groups in total. The average molecular weight is 191 g/mol. The number of amides is 1. The zero-order chi connectivity index (χ0) is 10.2. The van der Waals surface area contributed by atoms with E-state index < -0.39 is 0 Å². The quantitative estimate of drug-likeness (QED) is 0.770. The monoisotopic (exact) mass is 191 g/mol. The van der Waals surface area contributed by atoms with E-state index in [2.05, 4.69) is 29.1 Å². The van der Waals surface area contributed by atoms with Crippen LogP contribution in [0.5, 0.6) is 0 Å². The molecule has 1 fully saturated rings. The maximum atomic E-state index is 11.6. The van der Waals surface area contributed by atoms with Crippen LogP contribution in [0.4, 0.5) is 5.95 Å². The first kappa shape index (κ1) is 9.12. The summed E-state index contributed by atoms with van der Waals surface area (Å²) < 4.78 is 0. The Morgan fingerprint density at radius 3 is 2.57 bits per heavy atom. The maximum absolute atomic E-state index is 11.6. The maximum Gasteiger partial charge on any atom is 0.230 e. The largest absolute Gasteiger partial charge is 0.294 e. The minimum absolute atomic E-state index is 0.0289. The summed E-state index contributed by atoms with van der Waals surface area (Å²) in [5.74, 6) is 0.535. The predicted octanol–water partition coefficient (Wildman–Crippen LogP) is 1.46. The molecule has 14 heavy (non-hydrogen) atoms. The second-order valence-electron chi connectivity index (χ2n) is 4.31. The zero-order valence-corrected chi connectivity index (χ0v) is 8.32. The standard InChI is InChI=1S/C10H13N3O/c1-10(2)6-7(10)8(14)13-9-11-4-3-5-12-9/h3-5,7H,6H2,1-2H3,(H,11,12,13,14). The summed E-state index contributed by atoms with van der Waals surface area (Å²) in [6.07, 6.45) is 4.17. The van der Waals surface area contributed by atoms with E-state index in [4.69, 9.17) is 0 Å². The smallest absolute Gasteiger partial charge is 0.230 e. The lowest BCUT2D eigenvalue weighted by molar-refractivity contribution is -0.118. The lowest BCUT2D eigenvalue weighted by atomic mass is 10.1. The minimum Gasteiger partial charge on any atom is -0.294 e. The molecule has 0 bridgehead atoms. The van der Waals surface area contributed by atoms with Crippen molar-refractivity contribution in [1.82, 2.24) is 9.97 Å². The molecule has 74 valence electrons. The lowest BCUT2D eigenvalue weighted by Gasteiger charge is -2.03. The fourth-order valence-electron chi connectivity index (χ4n) is 1.48. The van der Waals surface area contributed by atoms with Crippen LogP contribution in [0.3, 0.4) is 0 Å². The van der Waals surface area contributed by atoms with Gasteiger partial charge in [0.1, 0.15) is 0 Å². The SMILES string of the molecule is CC1(C)CC1C(=O)Nc1ncccn1. The topological polar surface area (TPSA) is 54.9 Å². The molecule has 1 atom stereocenters. The van der Waals surface area contributed by atoms with Gasteiger partial charge in [0.2, 0.25) is 11.9 Å². The van der Waals surface area contributed by atoms with Crippen LogP contribution in [-0.4, -0.2) is 15.9 Å². The Bertz CT molecular complexity index is 348. The van der Waals surface area contributed by atoms with Gasteiger partial charge in [-0.3, -0.25) is 10.1 Å². The van der Waals surface area contributed by atoms with Crippen molar-refractivity contribution in [2.45, 2.75) is 20.3 Å². The van der Waals surface area contributed by atoms with Crippen LogP contribution in [0.1, 0.15) is 20.3 Å². The van der Waals surface area contributed by atoms with Crippen molar-refractivity contribution in [2.24, 2.45) is 11.3 Å². The van der Waals surface area contributed by atoms with Crippen molar-refractivity contribution in [3.05, 3.63) is 18.5 Å². The highest BCUT2D eigenvalue weighted by molar-refractivity contribution is 5.93. The molecular weight excluding hydrogens is 178 g/mol. The van der Waals surface area contributed by atoms with Gasteiger partial charge in [-0.15, -0.1) is 0 Å². The Kier molecular flexibility index (Phi) is 1.98. The Labute approximate surface area is 82.8 Å². The highest BCUT2D eigenvalue weighted by Gasteiger charge is 2.50. The van der Waals surface area contributed by atoms with Gasteiger partial charge >= 0.3 is 0 Å². The van der Waals surface area contributed by atoms with Crippen molar-refractivity contribution in [1.29, 1.82) is 0 Å². The fourth-order valence-corrected chi connectivity index (χ4v) is 1.48. The summed E-state index contributed by atoms with van der Waals surface area (Å²) in [5, 5.41) is 2.70. The first-order valence-corrected chi connectivity index (χ1v) is 4.67. The molecule has 1 amide bonds. The third kappa shape index (κ3) is 1.73. The third-order valence-corrected chi connectivity index (χ3v) is 2.63. The molecule has 1 aliphatic carbocycles. The first-order chi connectivity index (χ1) is 6.59. The van der Waals surface area contributed by atoms with Crippen LogP contribution in [0, 0.1) is 11.3 Å². The van der Waals surface area contributed by atoms with Gasteiger partial charge in [-0.05, 0) is 17.9 Å². The molecule has 0 aromatic carbocycles. The zero-order valence-electron chi connectivity index (χ0n) is 8.32. The van der Waals surface area contributed by atoms with E-state index in [1.54, 1.807) is 18.5 Å². The van der Waals surface area contributed by atoms with Gasteiger partial charge in [0, 0.05) is 18.3 Å². The fraction of sp³-hybridized carbons (Fsp3) is 0.500. The first-order valence-electron chi connectivity index (χ1n) is 4.67. The van der Waals surface area contributed by atoms with E-state index in [1.807, 2.05) is 0 Å². The van der Waals surface area contributed by atoms with E-state index in [9.17, 15) is 4.79 Å². The normalized spacial score (nSPS) is 22.9. The molecule has 4 heteroatoms. The molecule has 0 radical (unpaired) electrons. The molecule has 0 saturated heterocycles. The van der Waals surface area contributed by atoms with E-state index in [-0.39, 0.29) is 17.2 Å². The highest BCUT2D eigenvalue weighted by Crippen LogP contribution is 2.51. The molecule has 2 rings (SSSR count). The van der Waals surface area contributed by atoms with Gasteiger partial charge in [0.05, 0.1) is 0 Å². The van der Waals surface area contributed by atoms with E-state index in [0.717, 1.165) is 6.42 Å². The molecule has 1 aromatic heterocycles. The highest BCUT2D eigenvalue weighted by atomic mass is 16.2. The van der Waals surface area contributed by atoms with Crippen molar-refractivity contribution in [3.8, 4) is 0 Å². The summed E-state index contributed by atoms with van der Waals surface area (Å²) in [4.78, 5) is 19.5. The summed E-state index contributed by atoms with van der Waals surface area (Å²) >= 11 is 0. The van der Waals surface area contributed by atoms with Crippen molar-refractivity contribution in [2.75, 3.05) is 5.32 Å². The van der Waals surface area contributed by atoms with Crippen LogP contribution in [0.25, 0.3) is 0 Å². The third-order valence-electron chi connectivity index (χ3n) is 2.63. The van der Waals surface area contributed by atoms with E-state index in [1.165, 1.54) is 0 Å². The van der Waals surface area contributed by atoms with Gasteiger partial charge in [-0.25, -0.2) is 9.97 Å². The number of nitrogens with one attached hydrogen (secondary N) is 1. The molecule has 4 nitrogen and oxygen atoms in total. The van der Waals surface area contributed by atoms with Crippen LogP contribution in [0.15, 0.2) is 18.5 Å². The second kappa shape index (κ2) is 3.04. The molecule has 1 saturated carbocycles. The number of carbonyl (C=O) groups is 1.